The number of halogens is 4. The van der Waals surface area contributed by atoms with Crippen molar-refractivity contribution in [2.45, 2.75) is 45.3 Å². The summed E-state index contributed by atoms with van der Waals surface area (Å²) in [7, 11) is 0. The molecular formula is C23H32ClF3N4O2. The Morgan fingerprint density at radius 2 is 1.64 bits per heavy atom. The molecule has 1 aromatic carbocycles. The standard InChI is InChI=1S/C23H32ClF3N4O2/c1-15-4-3-5-20(16(15)2)29-22(33)14-31-10-8-30(9-11-31)13-21(32)28-17-6-7-19(24)18(12-17)23(25,26)27/h6-7,12,15-16,20H,3-5,8-11,13-14H2,1-2H3,(H,28,32)(H,29,33)/t15-,16-,20-/m1/s1. The normalized spacial score (nSPS) is 25.0. The van der Waals surface area contributed by atoms with Crippen molar-refractivity contribution in [3.63, 3.8) is 0 Å². The van der Waals surface area contributed by atoms with Crippen molar-refractivity contribution in [3.05, 3.63) is 28.8 Å². The molecule has 6 nitrogen and oxygen atoms in total. The van der Waals surface area contributed by atoms with E-state index in [0.717, 1.165) is 25.0 Å². The molecule has 1 saturated carbocycles. The number of carbonyl (C=O) groups is 2. The fourth-order valence-electron chi connectivity index (χ4n) is 4.57. The minimum atomic E-state index is -4.59. The largest absolute Gasteiger partial charge is 0.417 e. The second-order valence-corrected chi connectivity index (χ2v) is 9.64. The first kappa shape index (κ1) is 25.8. The van der Waals surface area contributed by atoms with Crippen molar-refractivity contribution in [2.75, 3.05) is 44.6 Å². The Balaban J connectivity index is 1.41. The topological polar surface area (TPSA) is 64.7 Å². The molecule has 1 heterocycles. The van der Waals surface area contributed by atoms with Gasteiger partial charge in [-0.25, -0.2) is 0 Å². The zero-order valence-electron chi connectivity index (χ0n) is 19.1. The minimum Gasteiger partial charge on any atom is -0.352 e. The Hall–Kier alpha value is -1.84. The number of hydrogen-bond acceptors (Lipinski definition) is 4. The predicted octanol–water partition coefficient (Wildman–Crippen LogP) is 3.86. The minimum absolute atomic E-state index is 0.0374. The van der Waals surface area contributed by atoms with Crippen LogP contribution in [0.4, 0.5) is 18.9 Å². The number of alkyl halides is 3. The first-order valence-corrected chi connectivity index (χ1v) is 11.8. The lowest BCUT2D eigenvalue weighted by Crippen LogP contribution is -2.52. The van der Waals surface area contributed by atoms with Crippen LogP contribution in [0.15, 0.2) is 18.2 Å². The van der Waals surface area contributed by atoms with Gasteiger partial charge in [-0.1, -0.05) is 38.3 Å². The Kier molecular flexibility index (Phi) is 8.64. The highest BCUT2D eigenvalue weighted by molar-refractivity contribution is 6.31. The maximum Gasteiger partial charge on any atom is 0.417 e. The number of nitrogens with zero attached hydrogens (tertiary/aromatic N) is 2. The van der Waals surface area contributed by atoms with Crippen LogP contribution in [0.2, 0.25) is 5.02 Å². The maximum absolute atomic E-state index is 13.0. The fraction of sp³-hybridized carbons (Fsp3) is 0.652. The third kappa shape index (κ3) is 7.32. The van der Waals surface area contributed by atoms with Crippen LogP contribution >= 0.6 is 11.6 Å². The lowest BCUT2D eigenvalue weighted by atomic mass is 9.78. The fourth-order valence-corrected chi connectivity index (χ4v) is 4.80. The van der Waals surface area contributed by atoms with E-state index in [-0.39, 0.29) is 24.2 Å². The Labute approximate surface area is 197 Å². The van der Waals surface area contributed by atoms with Gasteiger partial charge >= 0.3 is 6.18 Å². The smallest absolute Gasteiger partial charge is 0.352 e. The van der Waals surface area contributed by atoms with E-state index in [1.165, 1.54) is 12.5 Å². The summed E-state index contributed by atoms with van der Waals surface area (Å²) in [4.78, 5) is 28.8. The molecule has 33 heavy (non-hydrogen) atoms. The number of benzene rings is 1. The van der Waals surface area contributed by atoms with Gasteiger partial charge in [-0.05, 0) is 36.5 Å². The van der Waals surface area contributed by atoms with Crippen LogP contribution in [-0.2, 0) is 15.8 Å². The molecule has 184 valence electrons. The Morgan fingerprint density at radius 3 is 2.24 bits per heavy atom. The molecular weight excluding hydrogens is 457 g/mol. The van der Waals surface area contributed by atoms with E-state index < -0.39 is 22.7 Å². The van der Waals surface area contributed by atoms with E-state index in [2.05, 4.69) is 29.4 Å². The zero-order valence-corrected chi connectivity index (χ0v) is 19.8. The zero-order chi connectivity index (χ0) is 24.2. The second-order valence-electron chi connectivity index (χ2n) is 9.23. The second kappa shape index (κ2) is 11.1. The number of rotatable bonds is 6. The number of piperazine rings is 1. The third-order valence-corrected chi connectivity index (χ3v) is 7.14. The highest BCUT2D eigenvalue weighted by atomic mass is 35.5. The average molecular weight is 489 g/mol. The van der Waals surface area contributed by atoms with Crippen molar-refractivity contribution >= 4 is 29.1 Å². The van der Waals surface area contributed by atoms with Gasteiger partial charge in [0.05, 0.1) is 23.7 Å². The molecule has 2 aliphatic rings. The number of nitrogens with one attached hydrogen (secondary N) is 2. The number of carbonyl (C=O) groups excluding carboxylic acids is 2. The van der Waals surface area contributed by atoms with Crippen molar-refractivity contribution < 1.29 is 22.8 Å². The molecule has 2 fully saturated rings. The highest BCUT2D eigenvalue weighted by Crippen LogP contribution is 2.36. The molecule has 2 amide bonds. The van der Waals surface area contributed by atoms with Crippen LogP contribution in [0.1, 0.15) is 38.7 Å². The molecule has 0 radical (unpaired) electrons. The monoisotopic (exact) mass is 488 g/mol. The van der Waals surface area contributed by atoms with Crippen molar-refractivity contribution in [3.8, 4) is 0 Å². The van der Waals surface area contributed by atoms with Crippen molar-refractivity contribution in [1.29, 1.82) is 0 Å². The SMILES string of the molecule is C[C@@H]1[C@H](C)CCC[C@H]1NC(=O)CN1CCN(CC(=O)Nc2ccc(Cl)c(C(F)(F)F)c2)CC1. The van der Waals surface area contributed by atoms with E-state index in [0.29, 0.717) is 44.6 Å². The summed E-state index contributed by atoms with van der Waals surface area (Å²) in [6, 6.07) is 3.54. The summed E-state index contributed by atoms with van der Waals surface area (Å²) in [5.74, 6) is 0.741. The summed E-state index contributed by atoms with van der Waals surface area (Å²) in [6.45, 7) is 7.35. The molecule has 2 N–H and O–H groups in total. The highest BCUT2D eigenvalue weighted by Gasteiger charge is 2.33. The van der Waals surface area contributed by atoms with Gasteiger partial charge in [0.25, 0.3) is 0 Å². The lowest BCUT2D eigenvalue weighted by Gasteiger charge is -2.36. The van der Waals surface area contributed by atoms with Crippen LogP contribution in [0, 0.1) is 11.8 Å². The third-order valence-electron chi connectivity index (χ3n) is 6.81. The van der Waals surface area contributed by atoms with Gasteiger partial charge in [0.1, 0.15) is 0 Å². The van der Waals surface area contributed by atoms with Gasteiger partial charge < -0.3 is 10.6 Å². The van der Waals surface area contributed by atoms with E-state index in [1.807, 2.05) is 4.90 Å². The van der Waals surface area contributed by atoms with Gasteiger partial charge in [-0.15, -0.1) is 0 Å². The van der Waals surface area contributed by atoms with Gasteiger partial charge in [0.15, 0.2) is 0 Å². The van der Waals surface area contributed by atoms with Gasteiger partial charge in [-0.2, -0.15) is 13.2 Å². The van der Waals surface area contributed by atoms with E-state index in [1.54, 1.807) is 0 Å². The maximum atomic E-state index is 13.0. The molecule has 1 aliphatic heterocycles. The van der Waals surface area contributed by atoms with Crippen LogP contribution in [0.5, 0.6) is 0 Å². The van der Waals surface area contributed by atoms with Crippen molar-refractivity contribution in [1.82, 2.24) is 15.1 Å². The first-order chi connectivity index (χ1) is 15.5. The number of anilines is 1. The number of amides is 2. The Bertz CT molecular complexity index is 843. The average Bonchev–Trinajstić information content (AvgIpc) is 2.73. The quantitative estimate of drug-likeness (QED) is 0.638. The molecule has 0 bridgehead atoms. The predicted molar refractivity (Wildman–Crippen MR) is 122 cm³/mol. The Morgan fingerprint density at radius 1 is 1.03 bits per heavy atom. The number of hydrogen-bond donors (Lipinski definition) is 2. The molecule has 0 spiro atoms. The molecule has 3 atom stereocenters. The molecule has 0 unspecified atom stereocenters. The molecule has 1 saturated heterocycles. The summed E-state index contributed by atoms with van der Waals surface area (Å²) in [5.41, 5.74) is -0.927. The summed E-state index contributed by atoms with van der Waals surface area (Å²) < 4.78 is 39.0. The van der Waals surface area contributed by atoms with E-state index in [4.69, 9.17) is 11.6 Å². The lowest BCUT2D eigenvalue weighted by molar-refractivity contribution is -0.137. The summed E-state index contributed by atoms with van der Waals surface area (Å²) >= 11 is 5.62. The molecule has 0 aromatic heterocycles. The van der Waals surface area contributed by atoms with Gasteiger partial charge in [0.2, 0.25) is 11.8 Å². The van der Waals surface area contributed by atoms with Crippen molar-refractivity contribution in [2.24, 2.45) is 11.8 Å². The van der Waals surface area contributed by atoms with Crippen LogP contribution < -0.4 is 10.6 Å². The van der Waals surface area contributed by atoms with Crippen LogP contribution in [0.3, 0.4) is 0 Å². The van der Waals surface area contributed by atoms with E-state index >= 15 is 0 Å². The summed E-state index contributed by atoms with van der Waals surface area (Å²) in [6.07, 6.45) is -1.21. The van der Waals surface area contributed by atoms with E-state index in [9.17, 15) is 22.8 Å². The first-order valence-electron chi connectivity index (χ1n) is 11.4. The van der Waals surface area contributed by atoms with Gasteiger partial charge in [-0.3, -0.25) is 19.4 Å². The van der Waals surface area contributed by atoms with Crippen LogP contribution in [-0.4, -0.2) is 66.9 Å². The molecule has 3 rings (SSSR count). The molecule has 10 heteroatoms. The summed E-state index contributed by atoms with van der Waals surface area (Å²) in [5, 5.41) is 5.29. The molecule has 1 aliphatic carbocycles. The van der Waals surface area contributed by atoms with Gasteiger partial charge in [0, 0.05) is 37.9 Å². The van der Waals surface area contributed by atoms with Crippen LogP contribution in [0.25, 0.3) is 0 Å². The molecule has 1 aromatic rings.